The Morgan fingerprint density at radius 2 is 2.11 bits per heavy atom. The number of aryl methyl sites for hydroxylation is 1. The molecular weight excluding hydrogens is 384 g/mol. The van der Waals surface area contributed by atoms with Crippen LogP contribution in [-0.2, 0) is 20.9 Å². The fraction of sp³-hybridized carbons (Fsp3) is 0.450. The van der Waals surface area contributed by atoms with Gasteiger partial charge in [0.2, 0.25) is 6.54 Å². The molecule has 1 aromatic carbocycles. The molecular formula is C20H21ClN2O5. The van der Waals surface area contributed by atoms with Gasteiger partial charge >= 0.3 is 5.97 Å². The molecule has 0 N–H and O–H groups in total. The summed E-state index contributed by atoms with van der Waals surface area (Å²) in [6.07, 6.45) is 0.0968. The van der Waals surface area contributed by atoms with Gasteiger partial charge < -0.3 is 4.74 Å². The predicted molar refractivity (Wildman–Crippen MR) is 104 cm³/mol. The number of nitro groups is 1. The number of carbonyl (C=O) groups is 2. The molecule has 1 heterocycles. The fourth-order valence-corrected chi connectivity index (χ4v) is 4.10. The van der Waals surface area contributed by atoms with Crippen molar-refractivity contribution in [1.29, 1.82) is 0 Å². The molecule has 0 bridgehead atoms. The van der Waals surface area contributed by atoms with Crippen molar-refractivity contribution in [2.24, 2.45) is 17.8 Å². The maximum absolute atomic E-state index is 12.3. The summed E-state index contributed by atoms with van der Waals surface area (Å²) in [5, 5.41) is 12.2. The lowest BCUT2D eigenvalue weighted by atomic mass is 9.88. The topological polar surface area (TPSA) is 99.4 Å². The molecule has 1 aliphatic carbocycles. The number of pyridine rings is 1. The molecule has 1 aliphatic rings. The highest BCUT2D eigenvalue weighted by molar-refractivity contribution is 6.32. The van der Waals surface area contributed by atoms with Gasteiger partial charge in [-0.15, -0.1) is 0 Å². The number of hydrogen-bond donors (Lipinski definition) is 0. The minimum atomic E-state index is -0.672. The van der Waals surface area contributed by atoms with Gasteiger partial charge in [0.25, 0.3) is 0 Å². The summed E-state index contributed by atoms with van der Waals surface area (Å²) < 4.78 is 5.30. The zero-order valence-corrected chi connectivity index (χ0v) is 16.4. The lowest BCUT2D eigenvalue weighted by molar-refractivity contribution is -0.490. The van der Waals surface area contributed by atoms with E-state index >= 15 is 0 Å². The van der Waals surface area contributed by atoms with Crippen LogP contribution in [-0.4, -0.2) is 28.2 Å². The molecule has 0 spiro atoms. The first-order valence-electron chi connectivity index (χ1n) is 9.11. The second-order valence-corrected chi connectivity index (χ2v) is 7.69. The Hall–Kier alpha value is -2.54. The summed E-state index contributed by atoms with van der Waals surface area (Å²) in [5.41, 5.74) is 2.05. The molecule has 28 heavy (non-hydrogen) atoms. The maximum atomic E-state index is 12.3. The summed E-state index contributed by atoms with van der Waals surface area (Å²) in [5.74, 6) is -1.93. The summed E-state index contributed by atoms with van der Waals surface area (Å²) in [7, 11) is 0. The number of hydrogen-bond acceptors (Lipinski definition) is 6. The van der Waals surface area contributed by atoms with Gasteiger partial charge in [0, 0.05) is 28.6 Å². The van der Waals surface area contributed by atoms with Crippen LogP contribution in [0.15, 0.2) is 24.3 Å². The zero-order chi connectivity index (χ0) is 20.4. The van der Waals surface area contributed by atoms with Crippen molar-refractivity contribution < 1.29 is 19.2 Å². The van der Waals surface area contributed by atoms with Crippen LogP contribution in [0.1, 0.15) is 31.0 Å². The van der Waals surface area contributed by atoms with Gasteiger partial charge in [-0.2, -0.15) is 0 Å². The van der Waals surface area contributed by atoms with Crippen molar-refractivity contribution in [2.75, 3.05) is 6.54 Å². The van der Waals surface area contributed by atoms with E-state index < -0.39 is 22.7 Å². The van der Waals surface area contributed by atoms with E-state index in [0.29, 0.717) is 10.7 Å². The van der Waals surface area contributed by atoms with Gasteiger partial charge in [-0.25, -0.2) is 4.98 Å². The number of halogens is 1. The van der Waals surface area contributed by atoms with Crippen LogP contribution in [0.2, 0.25) is 5.02 Å². The van der Waals surface area contributed by atoms with E-state index in [-0.39, 0.29) is 37.7 Å². The van der Waals surface area contributed by atoms with Crippen molar-refractivity contribution in [1.82, 2.24) is 4.98 Å². The fourth-order valence-electron chi connectivity index (χ4n) is 3.90. The number of esters is 1. The average molecular weight is 405 g/mol. The number of aromatic nitrogens is 1. The van der Waals surface area contributed by atoms with Crippen molar-refractivity contribution >= 4 is 34.3 Å². The monoisotopic (exact) mass is 404 g/mol. The summed E-state index contributed by atoms with van der Waals surface area (Å²) >= 11 is 6.37. The molecule has 3 atom stereocenters. The first-order valence-corrected chi connectivity index (χ1v) is 9.49. The SMILES string of the molecule is Cc1c(Cl)c(COC(=O)C[C@H]2C(=O)C[C@@H](C)[C@@H]2C[N+](=O)[O-])nc2ccccc12. The van der Waals surface area contributed by atoms with Crippen LogP contribution in [0.25, 0.3) is 10.9 Å². The normalized spacial score (nSPS) is 21.8. The molecule has 2 aromatic rings. The summed E-state index contributed by atoms with van der Waals surface area (Å²) in [4.78, 5) is 39.4. The van der Waals surface area contributed by atoms with E-state index in [1.807, 2.05) is 31.2 Å². The molecule has 0 saturated heterocycles. The molecule has 1 fully saturated rings. The molecule has 7 nitrogen and oxygen atoms in total. The number of para-hydroxylation sites is 1. The first-order chi connectivity index (χ1) is 13.3. The Labute approximate surface area is 167 Å². The van der Waals surface area contributed by atoms with E-state index in [4.69, 9.17) is 16.3 Å². The third kappa shape index (κ3) is 4.14. The van der Waals surface area contributed by atoms with E-state index in [2.05, 4.69) is 4.98 Å². The van der Waals surface area contributed by atoms with Gasteiger partial charge in [-0.1, -0.05) is 36.7 Å². The maximum Gasteiger partial charge on any atom is 0.306 e. The largest absolute Gasteiger partial charge is 0.459 e. The van der Waals surface area contributed by atoms with Gasteiger partial charge in [-0.05, 0) is 24.5 Å². The summed E-state index contributed by atoms with van der Waals surface area (Å²) in [6.45, 7) is 3.25. The molecule has 0 unspecified atom stereocenters. The van der Waals surface area contributed by atoms with Crippen LogP contribution < -0.4 is 0 Å². The number of ketones is 1. The highest BCUT2D eigenvalue weighted by Gasteiger charge is 2.44. The van der Waals surface area contributed by atoms with Crippen LogP contribution in [0.5, 0.6) is 0 Å². The number of ether oxygens (including phenoxy) is 1. The Kier molecular flexibility index (Phi) is 5.93. The quantitative estimate of drug-likeness (QED) is 0.413. The Morgan fingerprint density at radius 3 is 2.82 bits per heavy atom. The third-order valence-electron chi connectivity index (χ3n) is 5.45. The highest BCUT2D eigenvalue weighted by Crippen LogP contribution is 2.36. The molecule has 8 heteroatoms. The second-order valence-electron chi connectivity index (χ2n) is 7.31. The smallest absolute Gasteiger partial charge is 0.306 e. The number of rotatable bonds is 6. The van der Waals surface area contributed by atoms with Crippen molar-refractivity contribution in [3.05, 3.63) is 50.7 Å². The lowest BCUT2D eigenvalue weighted by Gasteiger charge is -2.17. The van der Waals surface area contributed by atoms with Crippen molar-refractivity contribution in [3.8, 4) is 0 Å². The first kappa shape index (κ1) is 20.2. The summed E-state index contributed by atoms with van der Waals surface area (Å²) in [6, 6.07) is 7.53. The molecule has 1 saturated carbocycles. The average Bonchev–Trinajstić information content (AvgIpc) is 2.90. The predicted octanol–water partition coefficient (Wildman–Crippen LogP) is 3.75. The van der Waals surface area contributed by atoms with E-state index in [0.717, 1.165) is 16.5 Å². The second kappa shape index (κ2) is 8.22. The van der Waals surface area contributed by atoms with E-state index in [1.165, 1.54) is 0 Å². The van der Waals surface area contributed by atoms with Gasteiger partial charge in [-0.3, -0.25) is 19.7 Å². The Balaban J connectivity index is 1.69. The minimum absolute atomic E-state index is 0.111. The number of carbonyl (C=O) groups excluding carboxylic acids is 2. The van der Waals surface area contributed by atoms with E-state index in [1.54, 1.807) is 6.92 Å². The number of Topliss-reactive ketones (excluding diaryl/α,β-unsaturated/α-hetero) is 1. The van der Waals surface area contributed by atoms with Crippen LogP contribution >= 0.6 is 11.6 Å². The number of nitrogens with zero attached hydrogens (tertiary/aromatic N) is 2. The molecule has 0 amide bonds. The molecule has 0 aliphatic heterocycles. The van der Waals surface area contributed by atoms with Crippen LogP contribution in [0.4, 0.5) is 0 Å². The van der Waals surface area contributed by atoms with Gasteiger partial charge in [0.15, 0.2) is 0 Å². The highest BCUT2D eigenvalue weighted by atomic mass is 35.5. The number of benzene rings is 1. The Bertz CT molecular complexity index is 946. The standard InChI is InChI=1S/C20H21ClN2O5/c1-11-7-18(24)14(15(11)9-23(26)27)8-19(25)28-10-17-20(21)12(2)13-5-3-4-6-16(13)22-17/h3-6,11,14-15H,7-10H2,1-2H3/t11-,14-,15+/m1/s1. The molecule has 3 rings (SSSR count). The zero-order valence-electron chi connectivity index (χ0n) is 15.7. The lowest BCUT2D eigenvalue weighted by Crippen LogP contribution is -2.27. The Morgan fingerprint density at radius 1 is 1.39 bits per heavy atom. The molecule has 148 valence electrons. The van der Waals surface area contributed by atoms with Crippen molar-refractivity contribution in [3.63, 3.8) is 0 Å². The number of fused-ring (bicyclic) bond motifs is 1. The molecule has 0 radical (unpaired) electrons. The van der Waals surface area contributed by atoms with Crippen molar-refractivity contribution in [2.45, 2.75) is 33.3 Å². The minimum Gasteiger partial charge on any atom is -0.459 e. The molecule has 1 aromatic heterocycles. The van der Waals surface area contributed by atoms with Crippen LogP contribution in [0.3, 0.4) is 0 Å². The van der Waals surface area contributed by atoms with E-state index in [9.17, 15) is 19.7 Å². The van der Waals surface area contributed by atoms with Gasteiger partial charge in [0.1, 0.15) is 12.4 Å². The third-order valence-corrected chi connectivity index (χ3v) is 5.95. The van der Waals surface area contributed by atoms with Gasteiger partial charge in [0.05, 0.1) is 22.7 Å². The van der Waals surface area contributed by atoms with Crippen LogP contribution in [0, 0.1) is 34.8 Å².